The minimum atomic E-state index is 0.882. The molecule has 268 valence electrons. The molecule has 0 radical (unpaired) electrons. The molecule has 0 atom stereocenters. The van der Waals surface area contributed by atoms with Crippen molar-refractivity contribution in [3.8, 4) is 39.1 Å². The van der Waals surface area contributed by atoms with Crippen LogP contribution in [0.25, 0.3) is 82.8 Å². The van der Waals surface area contributed by atoms with Gasteiger partial charge in [-0.05, 0) is 112 Å². The number of furan rings is 1. The van der Waals surface area contributed by atoms with Gasteiger partial charge in [0.25, 0.3) is 0 Å². The number of hydrogen-bond acceptors (Lipinski definition) is 2. The van der Waals surface area contributed by atoms with E-state index in [1.165, 1.54) is 27.6 Å². The number of aromatic nitrogens is 1. The Morgan fingerprint density at radius 2 is 0.877 bits per heavy atom. The van der Waals surface area contributed by atoms with Gasteiger partial charge in [0, 0.05) is 38.9 Å². The summed E-state index contributed by atoms with van der Waals surface area (Å²) in [7, 11) is 0. The maximum atomic E-state index is 6.75. The predicted octanol–water partition coefficient (Wildman–Crippen LogP) is 15.2. The Morgan fingerprint density at radius 3 is 1.54 bits per heavy atom. The van der Waals surface area contributed by atoms with Gasteiger partial charge in [0.15, 0.2) is 0 Å². The number of rotatable bonds is 7. The zero-order valence-electron chi connectivity index (χ0n) is 31.1. The Balaban J connectivity index is 1.02. The molecular formula is C54H36N2O. The van der Waals surface area contributed by atoms with Crippen LogP contribution in [0.3, 0.4) is 0 Å². The van der Waals surface area contributed by atoms with Gasteiger partial charge in [0.2, 0.25) is 0 Å². The number of hydrogen-bond donors (Lipinski definition) is 0. The van der Waals surface area contributed by atoms with Crippen molar-refractivity contribution < 1.29 is 4.42 Å². The van der Waals surface area contributed by atoms with Crippen LogP contribution >= 0.6 is 0 Å². The van der Waals surface area contributed by atoms with Gasteiger partial charge < -0.3 is 13.9 Å². The van der Waals surface area contributed by atoms with Crippen molar-refractivity contribution in [2.24, 2.45) is 0 Å². The normalized spacial score (nSPS) is 11.5. The largest absolute Gasteiger partial charge is 0.455 e. The van der Waals surface area contributed by atoms with E-state index in [4.69, 9.17) is 4.42 Å². The highest BCUT2D eigenvalue weighted by Gasteiger charge is 2.20. The van der Waals surface area contributed by atoms with Gasteiger partial charge in [-0.3, -0.25) is 0 Å². The van der Waals surface area contributed by atoms with Gasteiger partial charge in [0.05, 0.1) is 16.4 Å². The first-order valence-corrected chi connectivity index (χ1v) is 19.4. The van der Waals surface area contributed by atoms with Crippen LogP contribution in [-0.4, -0.2) is 4.57 Å². The van der Waals surface area contributed by atoms with Crippen LogP contribution in [0.1, 0.15) is 0 Å². The quantitative estimate of drug-likeness (QED) is 0.163. The molecule has 0 unspecified atom stereocenters. The molecule has 9 aromatic carbocycles. The molecule has 2 heterocycles. The van der Waals surface area contributed by atoms with Gasteiger partial charge in [-0.25, -0.2) is 0 Å². The van der Waals surface area contributed by atoms with Crippen LogP contribution in [0.2, 0.25) is 0 Å². The zero-order chi connectivity index (χ0) is 37.7. The van der Waals surface area contributed by atoms with Gasteiger partial charge in [0.1, 0.15) is 11.2 Å². The van der Waals surface area contributed by atoms with E-state index in [1.807, 2.05) is 0 Å². The number of benzene rings is 9. The first-order chi connectivity index (χ1) is 28.3. The van der Waals surface area contributed by atoms with E-state index < -0.39 is 0 Å². The number of fused-ring (bicyclic) bond motifs is 7. The van der Waals surface area contributed by atoms with E-state index in [2.05, 4.69) is 228 Å². The second kappa shape index (κ2) is 13.6. The van der Waals surface area contributed by atoms with Crippen LogP contribution in [0.4, 0.5) is 17.1 Å². The number of nitrogens with zero attached hydrogens (tertiary/aromatic N) is 2. The van der Waals surface area contributed by atoms with Gasteiger partial charge in [-0.1, -0.05) is 140 Å². The zero-order valence-corrected chi connectivity index (χ0v) is 31.1. The lowest BCUT2D eigenvalue weighted by molar-refractivity contribution is 0.673. The van der Waals surface area contributed by atoms with Crippen LogP contribution in [0.5, 0.6) is 0 Å². The first kappa shape index (κ1) is 32.8. The van der Waals surface area contributed by atoms with Gasteiger partial charge >= 0.3 is 0 Å². The highest BCUT2D eigenvalue weighted by atomic mass is 16.3. The van der Waals surface area contributed by atoms with Crippen LogP contribution in [-0.2, 0) is 0 Å². The Morgan fingerprint density at radius 1 is 0.333 bits per heavy atom. The summed E-state index contributed by atoms with van der Waals surface area (Å²) in [5, 5.41) is 4.54. The predicted molar refractivity (Wildman–Crippen MR) is 239 cm³/mol. The summed E-state index contributed by atoms with van der Waals surface area (Å²) in [5.41, 5.74) is 15.6. The Kier molecular flexibility index (Phi) is 7.82. The summed E-state index contributed by atoms with van der Waals surface area (Å²) >= 11 is 0. The van der Waals surface area contributed by atoms with E-state index in [9.17, 15) is 0 Å². The molecule has 3 nitrogen and oxygen atoms in total. The summed E-state index contributed by atoms with van der Waals surface area (Å²) in [5.74, 6) is 0. The molecule has 0 N–H and O–H groups in total. The molecule has 0 aliphatic carbocycles. The Labute approximate surface area is 330 Å². The minimum Gasteiger partial charge on any atom is -0.455 e. The van der Waals surface area contributed by atoms with Crippen LogP contribution in [0.15, 0.2) is 223 Å². The fourth-order valence-electron chi connectivity index (χ4n) is 8.46. The lowest BCUT2D eigenvalue weighted by Crippen LogP contribution is -2.10. The van der Waals surface area contributed by atoms with Crippen molar-refractivity contribution in [2.45, 2.75) is 0 Å². The first-order valence-electron chi connectivity index (χ1n) is 19.4. The van der Waals surface area contributed by atoms with Crippen molar-refractivity contribution in [2.75, 3.05) is 4.90 Å². The molecule has 0 saturated carbocycles. The van der Waals surface area contributed by atoms with Gasteiger partial charge in [-0.15, -0.1) is 0 Å². The molecule has 0 aliphatic heterocycles. The SMILES string of the molecule is c1ccc(-c2ccc(N(c3ccc(-c4ccccc4)cc3)c3cccc(-c4ccc5oc6c(ccc7c6c6ccccc6n7-c6ccccc6)c5c4)c3)cc2)cc1. The summed E-state index contributed by atoms with van der Waals surface area (Å²) in [4.78, 5) is 2.35. The van der Waals surface area contributed by atoms with Crippen LogP contribution < -0.4 is 4.90 Å². The third kappa shape index (κ3) is 5.68. The highest BCUT2D eigenvalue weighted by Crippen LogP contribution is 2.43. The standard InChI is InChI=1S/C54H36N2O/c1-4-13-37(14-5-1)39-23-28-44(29-24-39)55(45-30-25-40(26-31-45)38-15-6-2-7-16-38)46-20-12-17-41(35-46)42-27-34-52-49(36-42)47-32-33-51-53(54(47)57-52)48-21-10-11-22-50(48)56(51)43-18-8-3-9-19-43/h1-36H. The van der Waals surface area contributed by atoms with E-state index in [0.717, 1.165) is 72.2 Å². The second-order valence-electron chi connectivity index (χ2n) is 14.5. The fraction of sp³-hybridized carbons (Fsp3) is 0. The maximum absolute atomic E-state index is 6.75. The number of anilines is 3. The van der Waals surface area contributed by atoms with Crippen molar-refractivity contribution in [1.82, 2.24) is 4.57 Å². The average molecular weight is 729 g/mol. The molecule has 57 heavy (non-hydrogen) atoms. The van der Waals surface area contributed by atoms with Gasteiger partial charge in [-0.2, -0.15) is 0 Å². The van der Waals surface area contributed by atoms with Crippen molar-refractivity contribution >= 4 is 60.8 Å². The third-order valence-electron chi connectivity index (χ3n) is 11.2. The monoisotopic (exact) mass is 728 g/mol. The molecule has 3 heteroatoms. The van der Waals surface area contributed by atoms with Crippen LogP contribution in [0, 0.1) is 0 Å². The molecule has 11 aromatic rings. The smallest absolute Gasteiger partial charge is 0.145 e. The van der Waals surface area contributed by atoms with E-state index in [1.54, 1.807) is 0 Å². The minimum absolute atomic E-state index is 0.882. The van der Waals surface area contributed by atoms with E-state index in [0.29, 0.717) is 0 Å². The average Bonchev–Trinajstić information content (AvgIpc) is 3.83. The molecular weight excluding hydrogens is 693 g/mol. The summed E-state index contributed by atoms with van der Waals surface area (Å²) in [6, 6.07) is 78.0. The summed E-state index contributed by atoms with van der Waals surface area (Å²) < 4.78 is 9.09. The Hall–Kier alpha value is -7.62. The van der Waals surface area contributed by atoms with Crippen molar-refractivity contribution in [1.29, 1.82) is 0 Å². The molecule has 0 amide bonds. The third-order valence-corrected chi connectivity index (χ3v) is 11.2. The highest BCUT2D eigenvalue weighted by molar-refractivity contribution is 6.24. The van der Waals surface area contributed by atoms with E-state index >= 15 is 0 Å². The Bertz CT molecular complexity index is 3120. The molecule has 0 fully saturated rings. The lowest BCUT2D eigenvalue weighted by Gasteiger charge is -2.26. The number of para-hydroxylation sites is 2. The molecule has 0 spiro atoms. The second-order valence-corrected chi connectivity index (χ2v) is 14.5. The van der Waals surface area contributed by atoms with Crippen molar-refractivity contribution in [3.63, 3.8) is 0 Å². The van der Waals surface area contributed by atoms with E-state index in [-0.39, 0.29) is 0 Å². The molecule has 0 bridgehead atoms. The molecule has 2 aromatic heterocycles. The molecule has 0 saturated heterocycles. The summed E-state index contributed by atoms with van der Waals surface area (Å²) in [6.07, 6.45) is 0. The maximum Gasteiger partial charge on any atom is 0.145 e. The lowest BCUT2D eigenvalue weighted by atomic mass is 10.0. The molecule has 11 rings (SSSR count). The summed E-state index contributed by atoms with van der Waals surface area (Å²) in [6.45, 7) is 0. The van der Waals surface area contributed by atoms with Crippen molar-refractivity contribution in [3.05, 3.63) is 218 Å². The topological polar surface area (TPSA) is 21.3 Å². The fourth-order valence-corrected chi connectivity index (χ4v) is 8.46. The molecule has 0 aliphatic rings.